The van der Waals surface area contributed by atoms with E-state index in [2.05, 4.69) is 41.5 Å². The third kappa shape index (κ3) is 5.23. The molecule has 0 radical (unpaired) electrons. The fraction of sp³-hybridized carbons (Fsp3) is 1.00. The van der Waals surface area contributed by atoms with E-state index in [9.17, 15) is 0 Å². The van der Waals surface area contributed by atoms with Crippen LogP contribution in [0.15, 0.2) is 0 Å². The highest BCUT2D eigenvalue weighted by Crippen LogP contribution is 2.54. The van der Waals surface area contributed by atoms with E-state index in [-0.39, 0.29) is 0 Å². The zero-order valence-corrected chi connectivity index (χ0v) is 20.6. The Morgan fingerprint density at radius 1 is 0.379 bits per heavy atom. The van der Waals surface area contributed by atoms with Gasteiger partial charge in [0.05, 0.1) is 0 Å². The van der Waals surface area contributed by atoms with Crippen LogP contribution in [-0.4, -0.2) is 5.67 Å². The molecular weight excluding hydrogens is 355 g/mol. The third-order valence-electron chi connectivity index (χ3n) is 10.6. The van der Waals surface area contributed by atoms with Crippen LogP contribution in [0.4, 0.5) is 4.39 Å². The van der Waals surface area contributed by atoms with Gasteiger partial charge in [-0.25, -0.2) is 4.39 Å². The minimum atomic E-state index is -0.905. The first-order valence-electron chi connectivity index (χ1n) is 13.4. The summed E-state index contributed by atoms with van der Waals surface area (Å²) >= 11 is 0. The predicted octanol–water partition coefficient (Wildman–Crippen LogP) is 9.08. The van der Waals surface area contributed by atoms with Gasteiger partial charge in [-0.3, -0.25) is 0 Å². The molecule has 0 heterocycles. The first-order valence-corrected chi connectivity index (χ1v) is 13.4. The highest BCUT2D eigenvalue weighted by Gasteiger charge is 2.52. The summed E-state index contributed by atoms with van der Waals surface area (Å²) in [6, 6.07) is 0. The van der Waals surface area contributed by atoms with E-state index in [1.165, 1.54) is 38.5 Å². The van der Waals surface area contributed by atoms with Crippen molar-refractivity contribution in [1.82, 2.24) is 0 Å². The van der Waals surface area contributed by atoms with Crippen molar-refractivity contribution >= 4 is 0 Å². The lowest BCUT2D eigenvalue weighted by atomic mass is 9.63. The van der Waals surface area contributed by atoms with Crippen molar-refractivity contribution in [2.45, 2.75) is 124 Å². The predicted molar refractivity (Wildman–Crippen MR) is 125 cm³/mol. The number of halogens is 1. The lowest BCUT2D eigenvalue weighted by Gasteiger charge is -2.46. The van der Waals surface area contributed by atoms with E-state index in [4.69, 9.17) is 0 Å². The molecular formula is C28H51F. The fourth-order valence-corrected chi connectivity index (χ4v) is 7.25. The van der Waals surface area contributed by atoms with E-state index < -0.39 is 5.67 Å². The third-order valence-corrected chi connectivity index (χ3v) is 10.6. The zero-order valence-electron chi connectivity index (χ0n) is 20.6. The van der Waals surface area contributed by atoms with Gasteiger partial charge >= 0.3 is 0 Å². The maximum Gasteiger partial charge on any atom is 0.119 e. The molecule has 1 heteroatoms. The highest BCUT2D eigenvalue weighted by atomic mass is 19.1. The van der Waals surface area contributed by atoms with Crippen molar-refractivity contribution < 1.29 is 4.39 Å². The molecule has 6 unspecified atom stereocenters. The quantitative estimate of drug-likeness (QED) is 0.410. The van der Waals surface area contributed by atoms with Crippen molar-refractivity contribution in [1.29, 1.82) is 0 Å². The Morgan fingerprint density at radius 3 is 0.724 bits per heavy atom. The van der Waals surface area contributed by atoms with Crippen LogP contribution in [0.25, 0.3) is 0 Å². The Bertz CT molecular complexity index is 393. The number of alkyl halides is 1. The average molecular weight is 407 g/mol. The Balaban J connectivity index is 1.87. The summed E-state index contributed by atoms with van der Waals surface area (Å²) in [6.45, 7) is 14.5. The van der Waals surface area contributed by atoms with Gasteiger partial charge in [-0.05, 0) is 91.8 Å². The van der Waals surface area contributed by atoms with E-state index in [0.717, 1.165) is 74.0 Å². The van der Waals surface area contributed by atoms with Gasteiger partial charge in [-0.2, -0.15) is 0 Å². The second-order valence-electron chi connectivity index (χ2n) is 12.2. The molecule has 3 aliphatic rings. The molecule has 0 aromatic carbocycles. The van der Waals surface area contributed by atoms with Crippen LogP contribution in [0.1, 0.15) is 119 Å². The summed E-state index contributed by atoms with van der Waals surface area (Å²) in [7, 11) is 0. The van der Waals surface area contributed by atoms with Gasteiger partial charge in [0.25, 0.3) is 0 Å². The molecule has 0 amide bonds. The summed E-state index contributed by atoms with van der Waals surface area (Å²) in [5.74, 6) is 5.58. The maximum absolute atomic E-state index is 17.8. The fourth-order valence-electron chi connectivity index (χ4n) is 7.25. The SMILES string of the molecule is CC1CCC(C(F)(C2CCC(C)C(C)CC2)C2CCC(C)C(C)CC2)CCC1C. The molecule has 6 atom stereocenters. The van der Waals surface area contributed by atoms with Crippen LogP contribution in [0.3, 0.4) is 0 Å². The molecule has 0 nitrogen and oxygen atoms in total. The molecule has 0 aliphatic heterocycles. The van der Waals surface area contributed by atoms with Gasteiger partial charge in [0.15, 0.2) is 0 Å². The molecule has 0 spiro atoms. The molecule has 3 fully saturated rings. The van der Waals surface area contributed by atoms with Crippen molar-refractivity contribution in [2.24, 2.45) is 53.3 Å². The normalized spacial score (nSPS) is 47.5. The van der Waals surface area contributed by atoms with Gasteiger partial charge < -0.3 is 0 Å². The molecule has 0 saturated heterocycles. The largest absolute Gasteiger partial charge is 0.243 e. The van der Waals surface area contributed by atoms with E-state index in [1.54, 1.807) is 0 Å². The smallest absolute Gasteiger partial charge is 0.119 e. The van der Waals surface area contributed by atoms with Crippen LogP contribution in [0, 0.1) is 53.3 Å². The lowest BCUT2D eigenvalue weighted by Crippen LogP contribution is -2.47. The van der Waals surface area contributed by atoms with Crippen molar-refractivity contribution in [3.05, 3.63) is 0 Å². The summed E-state index contributed by atoms with van der Waals surface area (Å²) in [4.78, 5) is 0. The number of rotatable bonds is 3. The van der Waals surface area contributed by atoms with Crippen LogP contribution in [0.2, 0.25) is 0 Å². The molecule has 0 bridgehead atoms. The Kier molecular flexibility index (Phi) is 8.16. The summed E-state index contributed by atoms with van der Waals surface area (Å²) in [5, 5.41) is 0. The molecule has 0 aromatic rings. The molecule has 3 saturated carbocycles. The monoisotopic (exact) mass is 406 g/mol. The molecule has 170 valence electrons. The van der Waals surface area contributed by atoms with Crippen molar-refractivity contribution in [2.75, 3.05) is 0 Å². The molecule has 29 heavy (non-hydrogen) atoms. The molecule has 0 aromatic heterocycles. The Labute approximate surface area is 182 Å². The van der Waals surface area contributed by atoms with E-state index in [1.807, 2.05) is 0 Å². The van der Waals surface area contributed by atoms with Crippen LogP contribution in [-0.2, 0) is 0 Å². The van der Waals surface area contributed by atoms with E-state index in [0.29, 0.717) is 17.8 Å². The minimum Gasteiger partial charge on any atom is -0.243 e. The number of hydrogen-bond donors (Lipinski definition) is 0. The Hall–Kier alpha value is -0.0700. The first-order chi connectivity index (χ1) is 13.7. The molecule has 3 rings (SSSR count). The number of hydrogen-bond acceptors (Lipinski definition) is 0. The first kappa shape index (κ1) is 23.6. The van der Waals surface area contributed by atoms with Gasteiger partial charge in [0, 0.05) is 0 Å². The Morgan fingerprint density at radius 2 is 0.552 bits per heavy atom. The second kappa shape index (κ2) is 10.0. The van der Waals surface area contributed by atoms with Crippen LogP contribution in [0.5, 0.6) is 0 Å². The van der Waals surface area contributed by atoms with Gasteiger partial charge in [0.1, 0.15) is 5.67 Å². The van der Waals surface area contributed by atoms with Crippen LogP contribution < -0.4 is 0 Å². The van der Waals surface area contributed by atoms with Crippen LogP contribution >= 0.6 is 0 Å². The van der Waals surface area contributed by atoms with E-state index >= 15 is 4.39 Å². The standard InChI is InChI=1S/C28H51F/c1-19-7-13-25(14-8-20(19)2)28(29,26-15-9-21(3)22(4)10-16-26)27-17-11-23(5)24(6)12-18-27/h19-27H,7-18H2,1-6H3. The summed E-state index contributed by atoms with van der Waals surface area (Å²) in [5.41, 5.74) is -0.905. The molecule has 0 N–H and O–H groups in total. The second-order valence-corrected chi connectivity index (χ2v) is 12.2. The van der Waals surface area contributed by atoms with Crippen molar-refractivity contribution in [3.63, 3.8) is 0 Å². The van der Waals surface area contributed by atoms with Gasteiger partial charge in [-0.15, -0.1) is 0 Å². The lowest BCUT2D eigenvalue weighted by molar-refractivity contribution is -0.0594. The topological polar surface area (TPSA) is 0 Å². The van der Waals surface area contributed by atoms with Gasteiger partial charge in [0.2, 0.25) is 0 Å². The highest BCUT2D eigenvalue weighted by molar-refractivity contribution is 5.01. The van der Waals surface area contributed by atoms with Gasteiger partial charge in [-0.1, -0.05) is 80.1 Å². The van der Waals surface area contributed by atoms with Crippen molar-refractivity contribution in [3.8, 4) is 0 Å². The minimum absolute atomic E-state index is 0.317. The summed E-state index contributed by atoms with van der Waals surface area (Å²) < 4.78 is 17.8. The average Bonchev–Trinajstić information content (AvgIpc) is 3.06. The summed E-state index contributed by atoms with van der Waals surface area (Å²) in [6.07, 6.45) is 14.3. The zero-order chi connectivity index (χ0) is 21.2. The maximum atomic E-state index is 17.8. The molecule has 3 aliphatic carbocycles.